The van der Waals surface area contributed by atoms with E-state index in [4.69, 9.17) is 16.0 Å². The van der Waals surface area contributed by atoms with E-state index in [9.17, 15) is 4.79 Å². The van der Waals surface area contributed by atoms with Crippen molar-refractivity contribution in [3.05, 3.63) is 64.9 Å². The van der Waals surface area contributed by atoms with Gasteiger partial charge in [-0.3, -0.25) is 4.79 Å². The van der Waals surface area contributed by atoms with Crippen LogP contribution in [0.3, 0.4) is 0 Å². The Kier molecular flexibility index (Phi) is 2.20. The van der Waals surface area contributed by atoms with Crippen molar-refractivity contribution in [3.8, 4) is 0 Å². The molecule has 0 saturated heterocycles. The van der Waals surface area contributed by atoms with E-state index in [1.807, 2.05) is 42.5 Å². The lowest BCUT2D eigenvalue weighted by atomic mass is 9.94. The van der Waals surface area contributed by atoms with Crippen molar-refractivity contribution in [2.45, 2.75) is 17.8 Å². The summed E-state index contributed by atoms with van der Waals surface area (Å²) in [4.78, 5) is 12.5. The first-order valence-electron chi connectivity index (χ1n) is 7.28. The molecule has 0 unspecified atom stereocenters. The summed E-state index contributed by atoms with van der Waals surface area (Å²) >= 11 is 6.12. The average Bonchev–Trinajstić information content (AvgIpc) is 3.03. The fraction of sp³-hybridized carbons (Fsp3) is 0.167. The molecule has 1 aromatic heterocycles. The Morgan fingerprint density at radius 2 is 2.05 bits per heavy atom. The first kappa shape index (κ1) is 12.3. The highest BCUT2D eigenvalue weighted by molar-refractivity contribution is 6.31. The normalized spacial score (nSPS) is 25.5. The fourth-order valence-electron chi connectivity index (χ4n) is 3.68. The average molecular weight is 310 g/mol. The first-order chi connectivity index (χ1) is 10.7. The quantitative estimate of drug-likeness (QED) is 0.721. The Hall–Kier alpha value is -2.26. The van der Waals surface area contributed by atoms with E-state index in [1.54, 1.807) is 6.07 Å². The van der Waals surface area contributed by atoms with Gasteiger partial charge in [-0.25, -0.2) is 0 Å². The zero-order chi connectivity index (χ0) is 14.9. The maximum Gasteiger partial charge on any atom is 0.235 e. The van der Waals surface area contributed by atoms with Gasteiger partial charge in [-0.15, -0.1) is 0 Å². The molecule has 1 saturated carbocycles. The number of hydrogen-bond donors (Lipinski definition) is 1. The molecule has 1 aliphatic carbocycles. The first-order valence-corrected chi connectivity index (χ1v) is 7.66. The number of rotatable bonds is 1. The number of halogens is 1. The third kappa shape index (κ3) is 1.44. The lowest BCUT2D eigenvalue weighted by Crippen LogP contribution is -2.20. The van der Waals surface area contributed by atoms with Crippen molar-refractivity contribution in [1.29, 1.82) is 0 Å². The smallest absolute Gasteiger partial charge is 0.235 e. The number of fused-ring (bicyclic) bond motifs is 3. The molecule has 4 heteroatoms. The lowest BCUT2D eigenvalue weighted by Gasteiger charge is -2.07. The zero-order valence-electron chi connectivity index (χ0n) is 11.6. The number of furan rings is 1. The Balaban J connectivity index is 1.63. The minimum atomic E-state index is -0.506. The highest BCUT2D eigenvalue weighted by Crippen LogP contribution is 2.65. The van der Waals surface area contributed by atoms with Crippen LogP contribution in [-0.4, -0.2) is 5.91 Å². The van der Waals surface area contributed by atoms with E-state index in [-0.39, 0.29) is 11.8 Å². The van der Waals surface area contributed by atoms with Gasteiger partial charge in [0.25, 0.3) is 0 Å². The Morgan fingerprint density at radius 3 is 2.91 bits per heavy atom. The molecule has 22 heavy (non-hydrogen) atoms. The molecule has 3 nitrogen and oxygen atoms in total. The molecule has 1 amide bonds. The number of para-hydroxylation sites is 1. The Morgan fingerprint density at radius 1 is 1.18 bits per heavy atom. The molecule has 1 aliphatic heterocycles. The minimum absolute atomic E-state index is 0.0511. The molecule has 1 fully saturated rings. The summed E-state index contributed by atoms with van der Waals surface area (Å²) < 4.78 is 5.96. The van der Waals surface area contributed by atoms with Gasteiger partial charge in [0.1, 0.15) is 11.3 Å². The largest absolute Gasteiger partial charge is 0.461 e. The highest BCUT2D eigenvalue weighted by Gasteiger charge is 2.66. The summed E-state index contributed by atoms with van der Waals surface area (Å²) in [6, 6.07) is 15.5. The van der Waals surface area contributed by atoms with Crippen LogP contribution in [0.5, 0.6) is 0 Å². The third-order valence-corrected chi connectivity index (χ3v) is 5.10. The molecule has 0 radical (unpaired) electrons. The van der Waals surface area contributed by atoms with E-state index in [2.05, 4.69) is 5.32 Å². The van der Waals surface area contributed by atoms with Gasteiger partial charge in [0, 0.05) is 22.0 Å². The summed E-state index contributed by atoms with van der Waals surface area (Å²) in [6.45, 7) is 0. The van der Waals surface area contributed by atoms with Crippen molar-refractivity contribution in [3.63, 3.8) is 0 Å². The summed E-state index contributed by atoms with van der Waals surface area (Å²) in [6.07, 6.45) is 0.770. The molecule has 0 bridgehead atoms. The second-order valence-corrected chi connectivity index (χ2v) is 6.50. The molecular formula is C18H12ClNO2. The molecule has 3 aromatic rings. The second-order valence-electron chi connectivity index (χ2n) is 6.06. The zero-order valence-corrected chi connectivity index (χ0v) is 12.4. The van der Waals surface area contributed by atoms with Crippen LogP contribution in [0.1, 0.15) is 23.7 Å². The summed E-state index contributed by atoms with van der Waals surface area (Å²) in [5.74, 6) is 1.01. The van der Waals surface area contributed by atoms with Crippen LogP contribution in [0.2, 0.25) is 5.02 Å². The Bertz CT molecular complexity index is 912. The van der Waals surface area contributed by atoms with Gasteiger partial charge >= 0.3 is 0 Å². The van der Waals surface area contributed by atoms with Crippen LogP contribution in [0.15, 0.2) is 52.9 Å². The van der Waals surface area contributed by atoms with Crippen LogP contribution in [0, 0.1) is 0 Å². The monoisotopic (exact) mass is 309 g/mol. The topological polar surface area (TPSA) is 42.2 Å². The fourth-order valence-corrected chi connectivity index (χ4v) is 3.85. The minimum Gasteiger partial charge on any atom is -0.461 e. The van der Waals surface area contributed by atoms with E-state index in [1.165, 1.54) is 0 Å². The van der Waals surface area contributed by atoms with Crippen LogP contribution in [0.4, 0.5) is 5.69 Å². The molecule has 1 spiro atoms. The molecule has 5 rings (SSSR count). The van der Waals surface area contributed by atoms with Crippen LogP contribution >= 0.6 is 11.6 Å². The summed E-state index contributed by atoms with van der Waals surface area (Å²) in [5, 5.41) is 4.70. The van der Waals surface area contributed by atoms with Crippen LogP contribution in [0.25, 0.3) is 11.0 Å². The highest BCUT2D eigenvalue weighted by atomic mass is 35.5. The van der Waals surface area contributed by atoms with Gasteiger partial charge in [0.05, 0.1) is 5.41 Å². The van der Waals surface area contributed by atoms with Gasteiger partial charge in [-0.1, -0.05) is 29.8 Å². The maximum absolute atomic E-state index is 12.5. The lowest BCUT2D eigenvalue weighted by molar-refractivity contribution is -0.118. The predicted octanol–water partition coefficient (Wildman–Crippen LogP) is 4.46. The molecule has 2 heterocycles. The number of hydrogen-bond acceptors (Lipinski definition) is 2. The molecule has 2 aliphatic rings. The molecule has 1 N–H and O–H groups in total. The van der Waals surface area contributed by atoms with Gasteiger partial charge in [0.2, 0.25) is 5.91 Å². The summed E-state index contributed by atoms with van der Waals surface area (Å²) in [7, 11) is 0. The summed E-state index contributed by atoms with van der Waals surface area (Å²) in [5.41, 5.74) is 2.22. The van der Waals surface area contributed by atoms with Crippen LogP contribution in [-0.2, 0) is 10.2 Å². The van der Waals surface area contributed by atoms with Crippen molar-refractivity contribution >= 4 is 34.2 Å². The number of amides is 1. The van der Waals surface area contributed by atoms with E-state index in [0.29, 0.717) is 5.02 Å². The van der Waals surface area contributed by atoms with Crippen molar-refractivity contribution in [2.75, 3.05) is 5.32 Å². The van der Waals surface area contributed by atoms with Gasteiger partial charge in [0.15, 0.2) is 0 Å². The number of anilines is 1. The third-order valence-electron chi connectivity index (χ3n) is 4.86. The molecular weight excluding hydrogens is 298 g/mol. The predicted molar refractivity (Wildman–Crippen MR) is 85.3 cm³/mol. The number of benzene rings is 2. The van der Waals surface area contributed by atoms with Crippen molar-refractivity contribution in [2.24, 2.45) is 0 Å². The van der Waals surface area contributed by atoms with Crippen molar-refractivity contribution in [1.82, 2.24) is 0 Å². The molecule has 2 atom stereocenters. The van der Waals surface area contributed by atoms with Crippen molar-refractivity contribution < 1.29 is 9.21 Å². The van der Waals surface area contributed by atoms with Gasteiger partial charge in [-0.2, -0.15) is 0 Å². The molecule has 108 valence electrons. The van der Waals surface area contributed by atoms with Gasteiger partial charge in [-0.05, 0) is 42.3 Å². The SMILES string of the molecule is O=C1Nc2ccc(Cl)cc2[C@@]12C[C@@H]2c1cc2ccccc2o1. The maximum atomic E-state index is 12.5. The number of carbonyl (C=O) groups is 1. The standard InChI is InChI=1S/C18H12ClNO2/c19-11-5-6-14-12(8-11)18(17(21)20-14)9-13(18)16-7-10-3-1-2-4-15(10)22-16/h1-8,13H,9H2,(H,20,21)/t13-,18-/m1/s1. The Labute approximate surface area is 131 Å². The number of nitrogens with one attached hydrogen (secondary N) is 1. The number of carbonyl (C=O) groups excluding carboxylic acids is 1. The van der Waals surface area contributed by atoms with Gasteiger partial charge < -0.3 is 9.73 Å². The van der Waals surface area contributed by atoms with Crippen LogP contribution < -0.4 is 5.32 Å². The van der Waals surface area contributed by atoms with E-state index in [0.717, 1.165) is 34.4 Å². The van der Waals surface area contributed by atoms with E-state index >= 15 is 0 Å². The molecule has 2 aromatic carbocycles. The second kappa shape index (κ2) is 3.93. The van der Waals surface area contributed by atoms with E-state index < -0.39 is 5.41 Å².